The first-order valence-corrected chi connectivity index (χ1v) is 5.63. The van der Waals surface area contributed by atoms with Crippen LogP contribution in [0.1, 0.15) is 18.9 Å². The molecular weight excluding hydrogens is 214 g/mol. The minimum absolute atomic E-state index is 0.757. The fourth-order valence-corrected chi connectivity index (χ4v) is 1.50. The number of hydrogen-bond acceptors (Lipinski definition) is 3. The van der Waals surface area contributed by atoms with E-state index < -0.39 is 0 Å². The molecule has 92 valence electrons. The summed E-state index contributed by atoms with van der Waals surface area (Å²) in [7, 11) is 3.28. The van der Waals surface area contributed by atoms with Gasteiger partial charge in [0.25, 0.3) is 0 Å². The highest BCUT2D eigenvalue weighted by Crippen LogP contribution is 2.27. The highest BCUT2D eigenvalue weighted by Gasteiger charge is 2.03. The Bertz CT molecular complexity index is 404. The lowest BCUT2D eigenvalue weighted by molar-refractivity contribution is 0.354. The number of methoxy groups -OCH3 is 2. The molecule has 0 bridgehead atoms. The molecule has 1 aromatic carbocycles. The van der Waals surface area contributed by atoms with Gasteiger partial charge in [-0.25, -0.2) is 0 Å². The lowest BCUT2D eigenvalue weighted by Gasteiger charge is -2.09. The predicted octanol–water partition coefficient (Wildman–Crippen LogP) is 2.21. The van der Waals surface area contributed by atoms with Gasteiger partial charge >= 0.3 is 0 Å². The Labute approximate surface area is 103 Å². The number of nitrogens with one attached hydrogen (secondary N) is 1. The van der Waals surface area contributed by atoms with E-state index in [1.807, 2.05) is 25.1 Å². The molecule has 0 amide bonds. The SMILES string of the molecule is CC#CCCNCc1ccc(OC)c(OC)c1. The number of hydrogen-bond donors (Lipinski definition) is 1. The van der Waals surface area contributed by atoms with Crippen molar-refractivity contribution in [2.45, 2.75) is 19.9 Å². The van der Waals surface area contributed by atoms with E-state index >= 15 is 0 Å². The fourth-order valence-electron chi connectivity index (χ4n) is 1.50. The van der Waals surface area contributed by atoms with Crippen LogP contribution in [0.4, 0.5) is 0 Å². The summed E-state index contributed by atoms with van der Waals surface area (Å²) in [5, 5.41) is 3.33. The second-order valence-electron chi connectivity index (χ2n) is 3.54. The van der Waals surface area contributed by atoms with Gasteiger partial charge in [0.05, 0.1) is 14.2 Å². The maximum atomic E-state index is 5.25. The van der Waals surface area contributed by atoms with E-state index in [-0.39, 0.29) is 0 Å². The van der Waals surface area contributed by atoms with E-state index in [9.17, 15) is 0 Å². The second-order valence-corrected chi connectivity index (χ2v) is 3.54. The van der Waals surface area contributed by atoms with Crippen LogP contribution in [0, 0.1) is 11.8 Å². The number of benzene rings is 1. The fraction of sp³-hybridized carbons (Fsp3) is 0.429. The highest BCUT2D eigenvalue weighted by molar-refractivity contribution is 5.42. The Morgan fingerprint density at radius 3 is 2.59 bits per heavy atom. The Kier molecular flexibility index (Phi) is 5.98. The molecule has 1 aromatic rings. The summed E-state index contributed by atoms with van der Waals surface area (Å²) in [6.45, 7) is 3.56. The molecule has 0 atom stereocenters. The Hall–Kier alpha value is -1.66. The van der Waals surface area contributed by atoms with Crippen molar-refractivity contribution in [2.75, 3.05) is 20.8 Å². The van der Waals surface area contributed by atoms with E-state index in [1.54, 1.807) is 14.2 Å². The van der Waals surface area contributed by atoms with Gasteiger partial charge in [-0.15, -0.1) is 11.8 Å². The quantitative estimate of drug-likeness (QED) is 0.603. The van der Waals surface area contributed by atoms with Crippen LogP contribution in [0.5, 0.6) is 11.5 Å². The summed E-state index contributed by atoms with van der Waals surface area (Å²) >= 11 is 0. The maximum absolute atomic E-state index is 5.25. The van der Waals surface area contributed by atoms with Crippen molar-refractivity contribution in [3.05, 3.63) is 23.8 Å². The van der Waals surface area contributed by atoms with Crippen molar-refractivity contribution in [1.29, 1.82) is 0 Å². The first kappa shape index (κ1) is 13.4. The van der Waals surface area contributed by atoms with Gasteiger partial charge in [0.2, 0.25) is 0 Å². The molecule has 1 N–H and O–H groups in total. The monoisotopic (exact) mass is 233 g/mol. The summed E-state index contributed by atoms with van der Waals surface area (Å²) in [5.41, 5.74) is 1.17. The zero-order valence-electron chi connectivity index (χ0n) is 10.7. The average molecular weight is 233 g/mol. The standard InChI is InChI=1S/C14H19NO2/c1-4-5-6-9-15-11-12-7-8-13(16-2)14(10-12)17-3/h7-8,10,15H,6,9,11H2,1-3H3. The van der Waals surface area contributed by atoms with Gasteiger partial charge in [0.1, 0.15) is 0 Å². The van der Waals surface area contributed by atoms with Gasteiger partial charge < -0.3 is 14.8 Å². The normalized spacial score (nSPS) is 9.35. The average Bonchev–Trinajstić information content (AvgIpc) is 2.38. The van der Waals surface area contributed by atoms with Crippen molar-refractivity contribution < 1.29 is 9.47 Å². The molecule has 0 heterocycles. The van der Waals surface area contributed by atoms with Crippen LogP contribution in [0.3, 0.4) is 0 Å². The lowest BCUT2D eigenvalue weighted by atomic mass is 10.2. The van der Waals surface area contributed by atoms with Gasteiger partial charge in [0.15, 0.2) is 11.5 Å². The molecule has 17 heavy (non-hydrogen) atoms. The Morgan fingerprint density at radius 1 is 1.18 bits per heavy atom. The molecule has 0 saturated carbocycles. The second kappa shape index (κ2) is 7.59. The van der Waals surface area contributed by atoms with Crippen LogP contribution in [0.2, 0.25) is 0 Å². The molecule has 3 nitrogen and oxygen atoms in total. The largest absolute Gasteiger partial charge is 0.493 e. The molecule has 0 aliphatic rings. The molecule has 0 radical (unpaired) electrons. The number of ether oxygens (including phenoxy) is 2. The third-order valence-corrected chi connectivity index (χ3v) is 2.38. The van der Waals surface area contributed by atoms with Crippen LogP contribution in [0.25, 0.3) is 0 Å². The maximum Gasteiger partial charge on any atom is 0.161 e. The summed E-state index contributed by atoms with van der Waals surface area (Å²) in [5.74, 6) is 7.41. The van der Waals surface area contributed by atoms with Crippen molar-refractivity contribution in [3.63, 3.8) is 0 Å². The van der Waals surface area contributed by atoms with Gasteiger partial charge in [-0.05, 0) is 24.6 Å². The third-order valence-electron chi connectivity index (χ3n) is 2.38. The smallest absolute Gasteiger partial charge is 0.161 e. The molecule has 0 unspecified atom stereocenters. The third kappa shape index (κ3) is 4.38. The highest BCUT2D eigenvalue weighted by atomic mass is 16.5. The Morgan fingerprint density at radius 2 is 1.94 bits per heavy atom. The van der Waals surface area contributed by atoms with Crippen molar-refractivity contribution in [1.82, 2.24) is 5.32 Å². The van der Waals surface area contributed by atoms with Crippen LogP contribution in [-0.2, 0) is 6.54 Å². The first-order chi connectivity index (χ1) is 8.31. The van der Waals surface area contributed by atoms with Crippen LogP contribution >= 0.6 is 0 Å². The zero-order valence-corrected chi connectivity index (χ0v) is 10.7. The molecule has 0 spiro atoms. The molecule has 0 aliphatic carbocycles. The van der Waals surface area contributed by atoms with Gasteiger partial charge in [-0.3, -0.25) is 0 Å². The van der Waals surface area contributed by atoms with E-state index in [0.717, 1.165) is 31.0 Å². The van der Waals surface area contributed by atoms with Gasteiger partial charge in [-0.1, -0.05) is 6.07 Å². The van der Waals surface area contributed by atoms with E-state index in [4.69, 9.17) is 9.47 Å². The first-order valence-electron chi connectivity index (χ1n) is 5.63. The minimum atomic E-state index is 0.757. The van der Waals surface area contributed by atoms with E-state index in [2.05, 4.69) is 17.2 Å². The van der Waals surface area contributed by atoms with E-state index in [1.165, 1.54) is 5.56 Å². The van der Waals surface area contributed by atoms with Crippen LogP contribution < -0.4 is 14.8 Å². The molecule has 1 rings (SSSR count). The van der Waals surface area contributed by atoms with Crippen molar-refractivity contribution >= 4 is 0 Å². The van der Waals surface area contributed by atoms with Gasteiger partial charge in [0, 0.05) is 19.5 Å². The summed E-state index contributed by atoms with van der Waals surface area (Å²) in [4.78, 5) is 0. The Balaban J connectivity index is 2.50. The van der Waals surface area contributed by atoms with Crippen molar-refractivity contribution in [2.24, 2.45) is 0 Å². The van der Waals surface area contributed by atoms with E-state index in [0.29, 0.717) is 0 Å². The summed E-state index contributed by atoms with van der Waals surface area (Å²) < 4.78 is 10.4. The molecule has 0 fully saturated rings. The molecular formula is C14H19NO2. The predicted molar refractivity (Wildman–Crippen MR) is 69.3 cm³/mol. The molecule has 3 heteroatoms. The van der Waals surface area contributed by atoms with Crippen molar-refractivity contribution in [3.8, 4) is 23.3 Å². The topological polar surface area (TPSA) is 30.5 Å². The minimum Gasteiger partial charge on any atom is -0.493 e. The molecule has 0 aliphatic heterocycles. The summed E-state index contributed by atoms with van der Waals surface area (Å²) in [6.07, 6.45) is 0.879. The molecule has 0 saturated heterocycles. The molecule has 0 aromatic heterocycles. The summed E-state index contributed by atoms with van der Waals surface area (Å²) in [6, 6.07) is 5.93. The zero-order chi connectivity index (χ0) is 12.5. The van der Waals surface area contributed by atoms with Gasteiger partial charge in [-0.2, -0.15) is 0 Å². The van der Waals surface area contributed by atoms with Crippen LogP contribution in [-0.4, -0.2) is 20.8 Å². The van der Waals surface area contributed by atoms with Crippen LogP contribution in [0.15, 0.2) is 18.2 Å². The number of rotatable bonds is 6. The lowest BCUT2D eigenvalue weighted by Crippen LogP contribution is -2.14.